The van der Waals surface area contributed by atoms with E-state index in [4.69, 9.17) is 5.11 Å². The molecule has 1 unspecified atom stereocenters. The van der Waals surface area contributed by atoms with Gasteiger partial charge in [0.1, 0.15) is 0 Å². The zero-order chi connectivity index (χ0) is 23.5. The van der Waals surface area contributed by atoms with Crippen LogP contribution in [0.5, 0.6) is 0 Å². The Hall–Kier alpha value is -0.570. The van der Waals surface area contributed by atoms with E-state index >= 15 is 0 Å². The van der Waals surface area contributed by atoms with Gasteiger partial charge >= 0.3 is 5.97 Å². The summed E-state index contributed by atoms with van der Waals surface area (Å²) < 4.78 is 0. The van der Waals surface area contributed by atoms with Gasteiger partial charge in [0, 0.05) is 6.42 Å². The van der Waals surface area contributed by atoms with Crippen molar-refractivity contribution in [3.8, 4) is 0 Å². The van der Waals surface area contributed by atoms with Crippen LogP contribution in [-0.4, -0.2) is 22.3 Å². The van der Waals surface area contributed by atoms with Crippen molar-refractivity contribution < 1.29 is 15.0 Å². The topological polar surface area (TPSA) is 57.5 Å². The van der Waals surface area contributed by atoms with E-state index in [1.165, 1.54) is 135 Å². The molecule has 0 saturated heterocycles. The fourth-order valence-corrected chi connectivity index (χ4v) is 4.61. The molecule has 0 aliphatic heterocycles. The van der Waals surface area contributed by atoms with E-state index in [9.17, 15) is 9.90 Å². The first-order valence-electron chi connectivity index (χ1n) is 14.6. The van der Waals surface area contributed by atoms with Gasteiger partial charge in [0.2, 0.25) is 0 Å². The van der Waals surface area contributed by atoms with Gasteiger partial charge in [-0.25, -0.2) is 0 Å². The fourth-order valence-electron chi connectivity index (χ4n) is 4.61. The summed E-state index contributed by atoms with van der Waals surface area (Å²) in [5, 5.41) is 18.7. The third kappa shape index (κ3) is 27.5. The van der Waals surface area contributed by atoms with Crippen molar-refractivity contribution in [2.75, 3.05) is 0 Å². The van der Waals surface area contributed by atoms with Crippen molar-refractivity contribution in [3.63, 3.8) is 0 Å². The van der Waals surface area contributed by atoms with Crippen LogP contribution in [0.15, 0.2) is 0 Å². The molecule has 0 fully saturated rings. The standard InChI is InChI=1S/C29H58O3/c1-2-3-4-5-6-16-19-22-25-28(30)26-23-20-17-14-12-10-8-7-9-11-13-15-18-21-24-27-29(31)32/h28,30H,2-27H2,1H3,(H,31,32). The van der Waals surface area contributed by atoms with Gasteiger partial charge in [0.15, 0.2) is 0 Å². The van der Waals surface area contributed by atoms with Gasteiger partial charge in [0.25, 0.3) is 0 Å². The molecular weight excluding hydrogens is 396 g/mol. The number of hydrogen-bond acceptors (Lipinski definition) is 2. The smallest absolute Gasteiger partial charge is 0.303 e. The number of carboxylic acids is 1. The SMILES string of the molecule is CCCCCCCCCCC(O)CCCCCCCCCCCCCCCCCC(=O)O. The third-order valence-corrected chi connectivity index (χ3v) is 6.82. The van der Waals surface area contributed by atoms with Crippen molar-refractivity contribution in [1.29, 1.82) is 0 Å². The van der Waals surface area contributed by atoms with Crippen molar-refractivity contribution in [2.24, 2.45) is 0 Å². The largest absolute Gasteiger partial charge is 0.481 e. The molecule has 0 aliphatic rings. The number of aliphatic hydroxyl groups excluding tert-OH is 1. The lowest BCUT2D eigenvalue weighted by Gasteiger charge is -2.10. The predicted octanol–water partition coefficient (Wildman–Crippen LogP) is 9.59. The Morgan fingerprint density at radius 2 is 0.781 bits per heavy atom. The van der Waals surface area contributed by atoms with Crippen LogP contribution in [0.1, 0.15) is 174 Å². The van der Waals surface area contributed by atoms with Crippen molar-refractivity contribution in [3.05, 3.63) is 0 Å². The molecule has 0 aromatic rings. The molecule has 0 heterocycles. The number of aliphatic carboxylic acids is 1. The second-order valence-electron chi connectivity index (χ2n) is 10.2. The molecule has 1 atom stereocenters. The summed E-state index contributed by atoms with van der Waals surface area (Å²) in [5.41, 5.74) is 0. The Bertz CT molecular complexity index is 369. The van der Waals surface area contributed by atoms with Gasteiger partial charge in [-0.05, 0) is 19.3 Å². The summed E-state index contributed by atoms with van der Waals surface area (Å²) in [6, 6.07) is 0. The molecule has 0 spiro atoms. The molecule has 0 bridgehead atoms. The highest BCUT2D eigenvalue weighted by atomic mass is 16.4. The minimum atomic E-state index is -0.659. The molecule has 0 aromatic carbocycles. The highest BCUT2D eigenvalue weighted by Crippen LogP contribution is 2.16. The molecule has 32 heavy (non-hydrogen) atoms. The van der Waals surface area contributed by atoms with E-state index < -0.39 is 5.97 Å². The van der Waals surface area contributed by atoms with Crippen LogP contribution in [-0.2, 0) is 4.79 Å². The summed E-state index contributed by atoms with van der Waals surface area (Å²) >= 11 is 0. The lowest BCUT2D eigenvalue weighted by atomic mass is 10.0. The number of hydrogen-bond donors (Lipinski definition) is 2. The van der Waals surface area contributed by atoms with E-state index in [2.05, 4.69) is 6.92 Å². The molecule has 2 N–H and O–H groups in total. The average Bonchev–Trinajstić information content (AvgIpc) is 2.77. The van der Waals surface area contributed by atoms with Gasteiger partial charge in [-0.15, -0.1) is 0 Å². The first-order valence-corrected chi connectivity index (χ1v) is 14.6. The number of unbranched alkanes of at least 4 members (excludes halogenated alkanes) is 21. The predicted molar refractivity (Wildman–Crippen MR) is 139 cm³/mol. The molecule has 0 aromatic heterocycles. The first kappa shape index (κ1) is 31.4. The lowest BCUT2D eigenvalue weighted by Crippen LogP contribution is -2.05. The van der Waals surface area contributed by atoms with E-state index in [1.807, 2.05) is 0 Å². The van der Waals surface area contributed by atoms with E-state index in [0.717, 1.165) is 25.7 Å². The number of rotatable bonds is 27. The molecule has 0 aliphatic carbocycles. The van der Waals surface area contributed by atoms with Crippen LogP contribution < -0.4 is 0 Å². The zero-order valence-corrected chi connectivity index (χ0v) is 21.8. The highest BCUT2D eigenvalue weighted by molar-refractivity contribution is 5.66. The average molecular weight is 455 g/mol. The highest BCUT2D eigenvalue weighted by Gasteiger charge is 2.04. The van der Waals surface area contributed by atoms with E-state index in [1.54, 1.807) is 0 Å². The zero-order valence-electron chi connectivity index (χ0n) is 21.8. The van der Waals surface area contributed by atoms with Gasteiger partial charge in [-0.3, -0.25) is 4.79 Å². The summed E-state index contributed by atoms with van der Waals surface area (Å²) in [6.45, 7) is 2.27. The molecule has 3 heteroatoms. The lowest BCUT2D eigenvalue weighted by molar-refractivity contribution is -0.137. The van der Waals surface area contributed by atoms with Crippen LogP contribution in [0.3, 0.4) is 0 Å². The van der Waals surface area contributed by atoms with E-state index in [-0.39, 0.29) is 6.10 Å². The maximum absolute atomic E-state index is 10.4. The van der Waals surface area contributed by atoms with Crippen LogP contribution in [0.25, 0.3) is 0 Å². The minimum Gasteiger partial charge on any atom is -0.481 e. The Morgan fingerprint density at radius 3 is 1.09 bits per heavy atom. The van der Waals surface area contributed by atoms with Crippen molar-refractivity contribution in [1.82, 2.24) is 0 Å². The Kier molecular flexibility index (Phi) is 26.2. The van der Waals surface area contributed by atoms with Crippen molar-refractivity contribution >= 4 is 5.97 Å². The molecule has 192 valence electrons. The van der Waals surface area contributed by atoms with Crippen LogP contribution >= 0.6 is 0 Å². The Labute approximate surface area is 201 Å². The maximum Gasteiger partial charge on any atom is 0.303 e. The second kappa shape index (κ2) is 26.7. The summed E-state index contributed by atoms with van der Waals surface area (Å²) in [6.07, 6.45) is 32.2. The minimum absolute atomic E-state index is 0.0557. The summed E-state index contributed by atoms with van der Waals surface area (Å²) in [7, 11) is 0. The summed E-state index contributed by atoms with van der Waals surface area (Å²) in [5.74, 6) is -0.659. The van der Waals surface area contributed by atoms with Crippen LogP contribution in [0.2, 0.25) is 0 Å². The number of aliphatic hydroxyl groups is 1. The molecule has 3 nitrogen and oxygen atoms in total. The van der Waals surface area contributed by atoms with Crippen LogP contribution in [0, 0.1) is 0 Å². The van der Waals surface area contributed by atoms with Gasteiger partial charge < -0.3 is 10.2 Å². The quantitative estimate of drug-likeness (QED) is 0.121. The summed E-state index contributed by atoms with van der Waals surface area (Å²) in [4.78, 5) is 10.4. The fraction of sp³-hybridized carbons (Fsp3) is 0.966. The third-order valence-electron chi connectivity index (χ3n) is 6.82. The van der Waals surface area contributed by atoms with E-state index in [0.29, 0.717) is 6.42 Å². The van der Waals surface area contributed by atoms with Gasteiger partial charge in [0.05, 0.1) is 6.10 Å². The number of carbonyl (C=O) groups is 1. The Balaban J connectivity index is 3.13. The number of carboxylic acid groups (broad SMARTS) is 1. The van der Waals surface area contributed by atoms with Gasteiger partial charge in [-0.1, -0.05) is 148 Å². The van der Waals surface area contributed by atoms with Crippen LogP contribution in [0.4, 0.5) is 0 Å². The maximum atomic E-state index is 10.4. The molecule has 0 rings (SSSR count). The first-order chi connectivity index (χ1) is 15.7. The molecule has 0 amide bonds. The molecule has 0 saturated carbocycles. The normalized spacial score (nSPS) is 12.3. The van der Waals surface area contributed by atoms with Crippen molar-refractivity contribution in [2.45, 2.75) is 180 Å². The molecular formula is C29H58O3. The second-order valence-corrected chi connectivity index (χ2v) is 10.2. The monoisotopic (exact) mass is 454 g/mol. The van der Waals surface area contributed by atoms with Gasteiger partial charge in [-0.2, -0.15) is 0 Å². The Morgan fingerprint density at radius 1 is 0.500 bits per heavy atom. The molecule has 0 radical (unpaired) electrons.